The maximum Gasteiger partial charge on any atom is 0.252 e. The van der Waals surface area contributed by atoms with E-state index in [1.807, 2.05) is 5.38 Å². The number of halogens is 1. The van der Waals surface area contributed by atoms with E-state index in [2.05, 4.69) is 20.6 Å². The Labute approximate surface area is 120 Å². The van der Waals surface area contributed by atoms with Crippen molar-refractivity contribution >= 4 is 34.7 Å². The van der Waals surface area contributed by atoms with E-state index in [9.17, 15) is 4.79 Å². The molecular weight excluding hydrogens is 284 g/mol. The van der Waals surface area contributed by atoms with Gasteiger partial charge in [0.15, 0.2) is 0 Å². The van der Waals surface area contributed by atoms with E-state index in [0.29, 0.717) is 22.9 Å². The summed E-state index contributed by atoms with van der Waals surface area (Å²) in [6.45, 7) is 0.539. The van der Waals surface area contributed by atoms with Crippen LogP contribution in [0.25, 0.3) is 0 Å². The van der Waals surface area contributed by atoms with Crippen LogP contribution >= 0.6 is 22.9 Å². The Balaban J connectivity index is 1.91. The highest BCUT2D eigenvalue weighted by atomic mass is 35.5. The smallest absolute Gasteiger partial charge is 0.252 e. The van der Waals surface area contributed by atoms with Gasteiger partial charge in [-0.2, -0.15) is 0 Å². The third-order valence-electron chi connectivity index (χ3n) is 2.45. The Morgan fingerprint density at radius 3 is 2.95 bits per heavy atom. The number of amides is 1. The van der Waals surface area contributed by atoms with E-state index in [1.165, 1.54) is 6.20 Å². The summed E-state index contributed by atoms with van der Waals surface area (Å²) >= 11 is 7.55. The van der Waals surface area contributed by atoms with Crippen LogP contribution in [0.3, 0.4) is 0 Å². The first-order chi connectivity index (χ1) is 9.20. The van der Waals surface area contributed by atoms with Crippen molar-refractivity contribution in [1.29, 1.82) is 0 Å². The van der Waals surface area contributed by atoms with Crippen LogP contribution in [0.4, 0.5) is 5.82 Å². The van der Waals surface area contributed by atoms with E-state index in [0.717, 1.165) is 11.4 Å². The Kier molecular flexibility index (Phi) is 4.70. The molecule has 0 bridgehead atoms. The Morgan fingerprint density at radius 2 is 2.32 bits per heavy atom. The molecule has 7 heteroatoms. The van der Waals surface area contributed by atoms with Crippen LogP contribution in [0.5, 0.6) is 0 Å². The highest BCUT2D eigenvalue weighted by Crippen LogP contribution is 2.19. The number of anilines is 1. The van der Waals surface area contributed by atoms with Crippen molar-refractivity contribution in [3.63, 3.8) is 0 Å². The molecule has 0 unspecified atom stereocenters. The van der Waals surface area contributed by atoms with Crippen LogP contribution in [-0.4, -0.2) is 29.5 Å². The first-order valence-corrected chi connectivity index (χ1v) is 6.96. The minimum Gasteiger partial charge on any atom is -0.372 e. The number of aromatic nitrogens is 2. The largest absolute Gasteiger partial charge is 0.372 e. The number of nitrogens with one attached hydrogen (secondary N) is 2. The van der Waals surface area contributed by atoms with E-state index in [-0.39, 0.29) is 5.91 Å². The molecule has 0 spiro atoms. The molecule has 2 aromatic rings. The monoisotopic (exact) mass is 296 g/mol. The predicted molar refractivity (Wildman–Crippen MR) is 76.9 cm³/mol. The standard InChI is InChI=1S/C12H13ClN4OS/c1-14-11-9(13)6-8(7-17-11)12(18)16-3-2-10-15-4-5-19-10/h4-7H,2-3H2,1H3,(H,14,17)(H,16,18). The van der Waals surface area contributed by atoms with Crippen molar-refractivity contribution in [2.24, 2.45) is 0 Å². The maximum absolute atomic E-state index is 11.9. The lowest BCUT2D eigenvalue weighted by atomic mass is 10.2. The molecule has 0 aliphatic carbocycles. The number of thiazole rings is 1. The summed E-state index contributed by atoms with van der Waals surface area (Å²) in [7, 11) is 1.72. The molecule has 0 aliphatic heterocycles. The molecule has 0 saturated carbocycles. The first kappa shape index (κ1) is 13.8. The van der Waals surface area contributed by atoms with Crippen molar-refractivity contribution in [3.8, 4) is 0 Å². The van der Waals surface area contributed by atoms with Gasteiger partial charge in [0, 0.05) is 37.8 Å². The summed E-state index contributed by atoms with van der Waals surface area (Å²) in [5.74, 6) is 0.370. The molecule has 0 radical (unpaired) electrons. The molecule has 100 valence electrons. The van der Waals surface area contributed by atoms with Crippen molar-refractivity contribution in [1.82, 2.24) is 15.3 Å². The lowest BCUT2D eigenvalue weighted by Gasteiger charge is -2.06. The van der Waals surface area contributed by atoms with Gasteiger partial charge >= 0.3 is 0 Å². The van der Waals surface area contributed by atoms with Crippen molar-refractivity contribution in [2.45, 2.75) is 6.42 Å². The Bertz CT molecular complexity index is 559. The van der Waals surface area contributed by atoms with E-state index < -0.39 is 0 Å². The SMILES string of the molecule is CNc1ncc(C(=O)NCCc2nccs2)cc1Cl. The minimum absolute atomic E-state index is 0.186. The van der Waals surface area contributed by atoms with Crippen LogP contribution in [0.15, 0.2) is 23.8 Å². The molecule has 2 rings (SSSR count). The summed E-state index contributed by atoms with van der Waals surface area (Å²) in [4.78, 5) is 20.1. The second-order valence-electron chi connectivity index (χ2n) is 3.74. The predicted octanol–water partition coefficient (Wildman–Crippen LogP) is 2.21. The minimum atomic E-state index is -0.186. The average Bonchev–Trinajstić information content (AvgIpc) is 2.91. The highest BCUT2D eigenvalue weighted by Gasteiger charge is 2.09. The van der Waals surface area contributed by atoms with Crippen LogP contribution in [0.2, 0.25) is 5.02 Å². The van der Waals surface area contributed by atoms with Gasteiger partial charge in [0.05, 0.1) is 15.6 Å². The molecule has 2 aromatic heterocycles. The fraction of sp³-hybridized carbons (Fsp3) is 0.250. The van der Waals surface area contributed by atoms with Crippen LogP contribution < -0.4 is 10.6 Å². The quantitative estimate of drug-likeness (QED) is 0.888. The zero-order valence-corrected chi connectivity index (χ0v) is 11.9. The zero-order valence-electron chi connectivity index (χ0n) is 10.3. The van der Waals surface area contributed by atoms with Gasteiger partial charge in [-0.25, -0.2) is 9.97 Å². The Hall–Kier alpha value is -1.66. The number of carbonyl (C=O) groups is 1. The molecule has 0 aliphatic rings. The van der Waals surface area contributed by atoms with E-state index >= 15 is 0 Å². The topological polar surface area (TPSA) is 66.9 Å². The lowest BCUT2D eigenvalue weighted by Crippen LogP contribution is -2.25. The lowest BCUT2D eigenvalue weighted by molar-refractivity contribution is 0.0954. The van der Waals surface area contributed by atoms with Gasteiger partial charge in [-0.1, -0.05) is 11.6 Å². The zero-order chi connectivity index (χ0) is 13.7. The summed E-state index contributed by atoms with van der Waals surface area (Å²) in [5, 5.41) is 8.99. The summed E-state index contributed by atoms with van der Waals surface area (Å²) < 4.78 is 0. The van der Waals surface area contributed by atoms with E-state index in [1.54, 1.807) is 30.6 Å². The molecular formula is C12H13ClN4OS. The number of carbonyl (C=O) groups excluding carboxylic acids is 1. The van der Waals surface area contributed by atoms with Gasteiger partial charge in [0.2, 0.25) is 0 Å². The van der Waals surface area contributed by atoms with Gasteiger partial charge in [0.25, 0.3) is 5.91 Å². The summed E-state index contributed by atoms with van der Waals surface area (Å²) in [6, 6.07) is 1.60. The molecule has 2 heterocycles. The number of rotatable bonds is 5. The van der Waals surface area contributed by atoms with Gasteiger partial charge < -0.3 is 10.6 Å². The van der Waals surface area contributed by atoms with Crippen molar-refractivity contribution in [2.75, 3.05) is 18.9 Å². The second kappa shape index (κ2) is 6.49. The van der Waals surface area contributed by atoms with Crippen molar-refractivity contribution in [3.05, 3.63) is 39.4 Å². The summed E-state index contributed by atoms with van der Waals surface area (Å²) in [5.41, 5.74) is 0.447. The molecule has 0 saturated heterocycles. The van der Waals surface area contributed by atoms with Gasteiger partial charge in [0.1, 0.15) is 5.82 Å². The summed E-state index contributed by atoms with van der Waals surface area (Å²) in [6.07, 6.45) is 3.97. The average molecular weight is 297 g/mol. The van der Waals surface area contributed by atoms with E-state index in [4.69, 9.17) is 11.6 Å². The van der Waals surface area contributed by atoms with Gasteiger partial charge in [-0.3, -0.25) is 4.79 Å². The molecule has 0 atom stereocenters. The fourth-order valence-electron chi connectivity index (χ4n) is 1.51. The highest BCUT2D eigenvalue weighted by molar-refractivity contribution is 7.09. The first-order valence-electron chi connectivity index (χ1n) is 5.70. The molecule has 5 nitrogen and oxygen atoms in total. The van der Waals surface area contributed by atoms with Crippen LogP contribution in [0, 0.1) is 0 Å². The van der Waals surface area contributed by atoms with Crippen LogP contribution in [0.1, 0.15) is 15.4 Å². The third-order valence-corrected chi connectivity index (χ3v) is 3.58. The fourth-order valence-corrected chi connectivity index (χ4v) is 2.39. The molecule has 19 heavy (non-hydrogen) atoms. The number of hydrogen-bond donors (Lipinski definition) is 2. The molecule has 0 aromatic carbocycles. The molecule has 1 amide bonds. The number of nitrogens with zero attached hydrogens (tertiary/aromatic N) is 2. The van der Waals surface area contributed by atoms with Gasteiger partial charge in [-0.05, 0) is 6.07 Å². The Morgan fingerprint density at radius 1 is 1.47 bits per heavy atom. The third kappa shape index (κ3) is 3.65. The number of hydrogen-bond acceptors (Lipinski definition) is 5. The molecule has 0 fully saturated rings. The molecule has 2 N–H and O–H groups in total. The normalized spacial score (nSPS) is 10.2. The van der Waals surface area contributed by atoms with Crippen molar-refractivity contribution < 1.29 is 4.79 Å². The van der Waals surface area contributed by atoms with Gasteiger partial charge in [-0.15, -0.1) is 11.3 Å². The second-order valence-corrected chi connectivity index (χ2v) is 5.12. The maximum atomic E-state index is 11.9. The van der Waals surface area contributed by atoms with Crippen LogP contribution in [-0.2, 0) is 6.42 Å². The number of pyridine rings is 1.